The van der Waals surface area contributed by atoms with Gasteiger partial charge in [0, 0.05) is 11.3 Å². The Morgan fingerprint density at radius 1 is 1.47 bits per heavy atom. The monoisotopic (exact) mass is 231 g/mol. The zero-order chi connectivity index (χ0) is 11.5. The molecule has 1 saturated carbocycles. The number of rotatable bonds is 5. The summed E-state index contributed by atoms with van der Waals surface area (Å²) < 4.78 is 5.60. The van der Waals surface area contributed by atoms with E-state index in [1.54, 1.807) is 0 Å². The molecule has 1 N–H and O–H groups in total. The molecule has 4 heteroatoms. The lowest BCUT2D eigenvalue weighted by Gasteiger charge is -2.20. The maximum absolute atomic E-state index is 11.4. The van der Waals surface area contributed by atoms with Crippen LogP contribution in [0.3, 0.4) is 0 Å². The van der Waals surface area contributed by atoms with Crippen LogP contribution in [0, 0.1) is 0 Å². The van der Waals surface area contributed by atoms with Gasteiger partial charge in [-0.1, -0.05) is 0 Å². The number of nitrogens with one attached hydrogen (secondary N) is 1. The molecule has 15 heavy (non-hydrogen) atoms. The Kier molecular flexibility index (Phi) is 4.06. The lowest BCUT2D eigenvalue weighted by Crippen LogP contribution is -2.35. The Morgan fingerprint density at radius 3 is 2.47 bits per heavy atom. The molecule has 0 aromatic rings. The van der Waals surface area contributed by atoms with Crippen LogP contribution in [0.25, 0.3) is 0 Å². The fraction of sp³-hybridized carbons (Fsp3) is 0.909. The lowest BCUT2D eigenvalue weighted by molar-refractivity contribution is -0.153. The third-order valence-electron chi connectivity index (χ3n) is 2.38. The number of ether oxygens (including phenoxy) is 1. The Bertz CT molecular complexity index is 231. The highest BCUT2D eigenvalue weighted by Crippen LogP contribution is 2.46. The molecule has 0 aromatic carbocycles. The first kappa shape index (κ1) is 12.8. The highest BCUT2D eigenvalue weighted by molar-refractivity contribution is 8.00. The van der Waals surface area contributed by atoms with Gasteiger partial charge in [-0.2, -0.15) is 11.8 Å². The first-order valence-corrected chi connectivity index (χ1v) is 6.57. The summed E-state index contributed by atoms with van der Waals surface area (Å²) in [5.41, 5.74) is -0.379. The van der Waals surface area contributed by atoms with E-state index < -0.39 is 0 Å². The van der Waals surface area contributed by atoms with Crippen LogP contribution in [0.4, 0.5) is 0 Å². The van der Waals surface area contributed by atoms with Crippen LogP contribution in [-0.4, -0.2) is 35.7 Å². The first-order chi connectivity index (χ1) is 6.87. The van der Waals surface area contributed by atoms with E-state index in [1.165, 1.54) is 12.8 Å². The van der Waals surface area contributed by atoms with Gasteiger partial charge in [-0.25, -0.2) is 0 Å². The molecule has 0 aromatic heterocycles. The largest absolute Gasteiger partial charge is 0.459 e. The Balaban J connectivity index is 2.12. The molecule has 0 atom stereocenters. The van der Waals surface area contributed by atoms with Crippen LogP contribution in [0.15, 0.2) is 0 Å². The van der Waals surface area contributed by atoms with Gasteiger partial charge in [0.05, 0.1) is 6.54 Å². The molecule has 0 unspecified atom stereocenters. The summed E-state index contributed by atoms with van der Waals surface area (Å²) in [6.07, 6.45) is 4.65. The molecule has 0 spiro atoms. The van der Waals surface area contributed by atoms with Crippen molar-refractivity contribution in [1.82, 2.24) is 5.32 Å². The van der Waals surface area contributed by atoms with Gasteiger partial charge in [-0.05, 0) is 39.9 Å². The van der Waals surface area contributed by atoms with Gasteiger partial charge < -0.3 is 10.1 Å². The molecular weight excluding hydrogens is 210 g/mol. The van der Waals surface area contributed by atoms with Gasteiger partial charge in [-0.15, -0.1) is 0 Å². The quantitative estimate of drug-likeness (QED) is 0.732. The van der Waals surface area contributed by atoms with Crippen molar-refractivity contribution in [2.45, 2.75) is 44.0 Å². The maximum atomic E-state index is 11.4. The van der Waals surface area contributed by atoms with Gasteiger partial charge >= 0.3 is 5.97 Å². The minimum absolute atomic E-state index is 0.167. The number of hydrogen-bond acceptors (Lipinski definition) is 4. The maximum Gasteiger partial charge on any atom is 0.320 e. The Morgan fingerprint density at radius 2 is 2.07 bits per heavy atom. The van der Waals surface area contributed by atoms with Crippen LogP contribution in [0.2, 0.25) is 0 Å². The highest BCUT2D eigenvalue weighted by atomic mass is 32.2. The molecule has 0 bridgehead atoms. The Hall–Kier alpha value is -0.220. The minimum Gasteiger partial charge on any atom is -0.459 e. The van der Waals surface area contributed by atoms with Gasteiger partial charge in [0.15, 0.2) is 0 Å². The topological polar surface area (TPSA) is 38.3 Å². The fourth-order valence-electron chi connectivity index (χ4n) is 1.36. The van der Waals surface area contributed by atoms with E-state index in [-0.39, 0.29) is 11.6 Å². The number of hydrogen-bond donors (Lipinski definition) is 1. The van der Waals surface area contributed by atoms with E-state index in [4.69, 9.17) is 4.74 Å². The first-order valence-electron chi connectivity index (χ1n) is 5.35. The molecule has 1 rings (SSSR count). The second-order valence-electron chi connectivity index (χ2n) is 5.08. The average Bonchev–Trinajstić information content (AvgIpc) is 2.82. The summed E-state index contributed by atoms with van der Waals surface area (Å²) >= 11 is 1.89. The second-order valence-corrected chi connectivity index (χ2v) is 6.35. The molecule has 0 radical (unpaired) electrons. The van der Waals surface area contributed by atoms with Gasteiger partial charge in [-0.3, -0.25) is 4.79 Å². The molecule has 1 aliphatic carbocycles. The predicted octanol–water partition coefficient (Wildman–Crippen LogP) is 1.81. The van der Waals surface area contributed by atoms with Crippen molar-refractivity contribution >= 4 is 17.7 Å². The minimum atomic E-state index is -0.379. The number of thioether (sulfide) groups is 1. The third-order valence-corrected chi connectivity index (χ3v) is 3.80. The van der Waals surface area contributed by atoms with Crippen LogP contribution in [-0.2, 0) is 9.53 Å². The number of carbonyl (C=O) groups excluding carboxylic acids is 1. The molecule has 0 amide bonds. The standard InChI is InChI=1S/C11H21NO2S/c1-10(2,3)14-9(13)7-12-8-11(15-4)5-6-11/h12H,5-8H2,1-4H3. The number of carbonyl (C=O) groups is 1. The molecule has 88 valence electrons. The van der Waals surface area contributed by atoms with Crippen molar-refractivity contribution < 1.29 is 9.53 Å². The summed E-state index contributed by atoms with van der Waals surface area (Å²) in [6.45, 7) is 6.88. The molecule has 1 fully saturated rings. The molecule has 0 aliphatic heterocycles. The van der Waals surface area contributed by atoms with Crippen molar-refractivity contribution in [1.29, 1.82) is 0 Å². The van der Waals surface area contributed by atoms with Gasteiger partial charge in [0.25, 0.3) is 0 Å². The predicted molar refractivity (Wildman–Crippen MR) is 64.2 cm³/mol. The summed E-state index contributed by atoms with van der Waals surface area (Å²) in [4.78, 5) is 11.4. The molecule has 0 heterocycles. The van der Waals surface area contributed by atoms with E-state index in [1.807, 2.05) is 32.5 Å². The molecular formula is C11H21NO2S. The zero-order valence-electron chi connectivity index (χ0n) is 10.1. The van der Waals surface area contributed by atoms with Gasteiger partial charge in [0.1, 0.15) is 5.60 Å². The van der Waals surface area contributed by atoms with E-state index in [0.717, 1.165) is 6.54 Å². The lowest BCUT2D eigenvalue weighted by atomic mass is 10.2. The summed E-state index contributed by atoms with van der Waals surface area (Å²) in [6, 6.07) is 0. The van der Waals surface area contributed by atoms with Gasteiger partial charge in [0.2, 0.25) is 0 Å². The highest BCUT2D eigenvalue weighted by Gasteiger charge is 2.41. The summed E-state index contributed by atoms with van der Waals surface area (Å²) in [5, 5.41) is 3.17. The molecule has 0 saturated heterocycles. The van der Waals surface area contributed by atoms with Crippen LogP contribution >= 0.6 is 11.8 Å². The Labute approximate surface area is 96.3 Å². The average molecular weight is 231 g/mol. The smallest absolute Gasteiger partial charge is 0.320 e. The third kappa shape index (κ3) is 4.89. The van der Waals surface area contributed by atoms with Crippen LogP contribution in [0.1, 0.15) is 33.6 Å². The normalized spacial score (nSPS) is 18.7. The SMILES string of the molecule is CSC1(CNCC(=O)OC(C)(C)C)CC1. The molecule has 3 nitrogen and oxygen atoms in total. The summed E-state index contributed by atoms with van der Waals surface area (Å²) in [5.74, 6) is -0.167. The van der Waals surface area contributed by atoms with Crippen LogP contribution in [0.5, 0.6) is 0 Å². The fourth-order valence-corrected chi connectivity index (χ4v) is 2.12. The second kappa shape index (κ2) is 4.74. The van der Waals surface area contributed by atoms with Crippen molar-refractivity contribution in [2.24, 2.45) is 0 Å². The molecule has 1 aliphatic rings. The van der Waals surface area contributed by atoms with E-state index >= 15 is 0 Å². The van der Waals surface area contributed by atoms with Crippen molar-refractivity contribution in [3.05, 3.63) is 0 Å². The zero-order valence-corrected chi connectivity index (χ0v) is 10.9. The van der Waals surface area contributed by atoms with E-state index in [9.17, 15) is 4.79 Å². The van der Waals surface area contributed by atoms with E-state index in [0.29, 0.717) is 11.3 Å². The van der Waals surface area contributed by atoms with E-state index in [2.05, 4.69) is 11.6 Å². The van der Waals surface area contributed by atoms with Crippen molar-refractivity contribution in [3.8, 4) is 0 Å². The van der Waals surface area contributed by atoms with Crippen LogP contribution < -0.4 is 5.32 Å². The summed E-state index contributed by atoms with van der Waals surface area (Å²) in [7, 11) is 0. The number of esters is 1. The van der Waals surface area contributed by atoms with Crippen molar-refractivity contribution in [3.63, 3.8) is 0 Å². The van der Waals surface area contributed by atoms with Crippen molar-refractivity contribution in [2.75, 3.05) is 19.3 Å².